The molecular weight excluding hydrogens is 212 g/mol. The van der Waals surface area contributed by atoms with Gasteiger partial charge in [-0.3, -0.25) is 0 Å². The van der Waals surface area contributed by atoms with E-state index >= 15 is 0 Å². The van der Waals surface area contributed by atoms with Gasteiger partial charge >= 0.3 is 0 Å². The van der Waals surface area contributed by atoms with Crippen LogP contribution in [0.25, 0.3) is 0 Å². The second kappa shape index (κ2) is 12.1. The Morgan fingerprint density at radius 3 is 1.88 bits per heavy atom. The first-order valence-corrected chi connectivity index (χ1v) is 7.18. The fourth-order valence-electron chi connectivity index (χ4n) is 2.04. The summed E-state index contributed by atoms with van der Waals surface area (Å²) in [5.41, 5.74) is 0. The Balaban J connectivity index is 3.20. The molecule has 0 aromatic rings. The van der Waals surface area contributed by atoms with Crippen LogP contribution in [-0.2, 0) is 4.79 Å². The summed E-state index contributed by atoms with van der Waals surface area (Å²) in [4.78, 5) is 10.6. The SMILES string of the molecule is [CH2]C(O)C(C=O)CCCCCCCCCCC. The third-order valence-corrected chi connectivity index (χ3v) is 3.31. The van der Waals surface area contributed by atoms with Crippen LogP contribution < -0.4 is 0 Å². The molecule has 2 nitrogen and oxygen atoms in total. The van der Waals surface area contributed by atoms with E-state index in [1.807, 2.05) is 0 Å². The zero-order chi connectivity index (χ0) is 12.9. The molecule has 0 amide bonds. The predicted octanol–water partition coefficient (Wildman–Crippen LogP) is 3.92. The zero-order valence-corrected chi connectivity index (χ0v) is 11.4. The third-order valence-electron chi connectivity index (χ3n) is 3.31. The molecule has 0 spiro atoms. The lowest BCUT2D eigenvalue weighted by Gasteiger charge is -2.12. The minimum Gasteiger partial charge on any atom is -0.392 e. The van der Waals surface area contributed by atoms with Crippen LogP contribution in [0.2, 0.25) is 0 Å². The number of aliphatic hydroxyl groups excluding tert-OH is 1. The van der Waals surface area contributed by atoms with Crippen molar-refractivity contribution in [2.24, 2.45) is 5.92 Å². The molecule has 1 N–H and O–H groups in total. The van der Waals surface area contributed by atoms with Crippen LogP contribution in [0.15, 0.2) is 0 Å². The van der Waals surface area contributed by atoms with Gasteiger partial charge < -0.3 is 9.90 Å². The Bertz CT molecular complexity index is 166. The maximum atomic E-state index is 10.6. The summed E-state index contributed by atoms with van der Waals surface area (Å²) in [5.74, 6) is -0.264. The third kappa shape index (κ3) is 10.5. The molecule has 17 heavy (non-hydrogen) atoms. The van der Waals surface area contributed by atoms with E-state index in [-0.39, 0.29) is 5.92 Å². The van der Waals surface area contributed by atoms with Crippen molar-refractivity contribution in [1.82, 2.24) is 0 Å². The van der Waals surface area contributed by atoms with E-state index in [4.69, 9.17) is 0 Å². The number of hydrogen-bond donors (Lipinski definition) is 1. The summed E-state index contributed by atoms with van der Waals surface area (Å²) in [6, 6.07) is 0. The average molecular weight is 241 g/mol. The first kappa shape index (κ1) is 16.6. The zero-order valence-electron chi connectivity index (χ0n) is 11.4. The van der Waals surface area contributed by atoms with Crippen molar-refractivity contribution < 1.29 is 9.90 Å². The highest BCUT2D eigenvalue weighted by Gasteiger charge is 2.12. The van der Waals surface area contributed by atoms with E-state index in [1.54, 1.807) is 0 Å². The fraction of sp³-hybridized carbons (Fsp3) is 0.867. The molecular formula is C15H29O2. The molecule has 0 aliphatic carbocycles. The summed E-state index contributed by atoms with van der Waals surface area (Å²) < 4.78 is 0. The molecule has 2 atom stereocenters. The largest absolute Gasteiger partial charge is 0.392 e. The maximum absolute atomic E-state index is 10.6. The molecule has 1 radical (unpaired) electrons. The smallest absolute Gasteiger partial charge is 0.125 e. The van der Waals surface area contributed by atoms with Crippen molar-refractivity contribution in [2.75, 3.05) is 0 Å². The molecule has 101 valence electrons. The molecule has 0 rings (SSSR count). The first-order valence-electron chi connectivity index (χ1n) is 7.18. The number of aliphatic hydroxyl groups is 1. The van der Waals surface area contributed by atoms with Gasteiger partial charge in [0.2, 0.25) is 0 Å². The van der Waals surface area contributed by atoms with Crippen molar-refractivity contribution in [3.63, 3.8) is 0 Å². The molecule has 0 saturated heterocycles. The lowest BCUT2D eigenvalue weighted by atomic mass is 9.97. The Hall–Kier alpha value is -0.370. The van der Waals surface area contributed by atoms with E-state index in [2.05, 4.69) is 13.8 Å². The standard InChI is InChI=1S/C15H29O2/c1-3-4-5-6-7-8-9-10-11-12-15(13-16)14(2)17/h13-15,17H,2-12H2,1H3. The molecule has 0 aliphatic rings. The van der Waals surface area contributed by atoms with Gasteiger partial charge in [0, 0.05) is 5.92 Å². The van der Waals surface area contributed by atoms with Crippen LogP contribution >= 0.6 is 0 Å². The van der Waals surface area contributed by atoms with Gasteiger partial charge in [0.25, 0.3) is 0 Å². The topological polar surface area (TPSA) is 37.3 Å². The van der Waals surface area contributed by atoms with E-state index in [9.17, 15) is 9.90 Å². The van der Waals surface area contributed by atoms with Gasteiger partial charge in [-0.2, -0.15) is 0 Å². The number of hydrogen-bond acceptors (Lipinski definition) is 2. The van der Waals surface area contributed by atoms with Gasteiger partial charge in [0.1, 0.15) is 6.29 Å². The highest BCUT2D eigenvalue weighted by atomic mass is 16.3. The monoisotopic (exact) mass is 241 g/mol. The Kier molecular flexibility index (Phi) is 11.8. The van der Waals surface area contributed by atoms with Crippen LogP contribution in [0.1, 0.15) is 71.1 Å². The van der Waals surface area contributed by atoms with Crippen LogP contribution in [0.3, 0.4) is 0 Å². The second-order valence-corrected chi connectivity index (χ2v) is 4.98. The highest BCUT2D eigenvalue weighted by Crippen LogP contribution is 2.14. The van der Waals surface area contributed by atoms with Crippen molar-refractivity contribution in [1.29, 1.82) is 0 Å². The first-order chi connectivity index (χ1) is 8.22. The molecule has 0 heterocycles. The van der Waals surface area contributed by atoms with E-state index in [0.717, 1.165) is 19.1 Å². The summed E-state index contributed by atoms with van der Waals surface area (Å²) in [5, 5.41) is 9.19. The number of rotatable bonds is 12. The minimum atomic E-state index is -0.735. The average Bonchev–Trinajstić information content (AvgIpc) is 2.31. The summed E-state index contributed by atoms with van der Waals surface area (Å²) in [6.45, 7) is 5.73. The van der Waals surface area contributed by atoms with Crippen LogP contribution in [0.5, 0.6) is 0 Å². The second-order valence-electron chi connectivity index (χ2n) is 4.98. The quantitative estimate of drug-likeness (QED) is 0.415. The summed E-state index contributed by atoms with van der Waals surface area (Å²) in [6.07, 6.45) is 12.4. The van der Waals surface area contributed by atoms with Crippen molar-refractivity contribution in [3.8, 4) is 0 Å². The maximum Gasteiger partial charge on any atom is 0.125 e. The van der Waals surface area contributed by atoms with Crippen molar-refractivity contribution in [3.05, 3.63) is 6.92 Å². The number of carbonyl (C=O) groups excluding carboxylic acids is 1. The normalized spacial score (nSPS) is 14.5. The highest BCUT2D eigenvalue weighted by molar-refractivity contribution is 5.54. The molecule has 0 aliphatic heterocycles. The van der Waals surface area contributed by atoms with Gasteiger partial charge in [-0.15, -0.1) is 0 Å². The van der Waals surface area contributed by atoms with Gasteiger partial charge in [0.05, 0.1) is 6.10 Å². The number of aldehydes is 1. The van der Waals surface area contributed by atoms with E-state index in [1.165, 1.54) is 51.4 Å². The van der Waals surface area contributed by atoms with Gasteiger partial charge in [-0.25, -0.2) is 0 Å². The summed E-state index contributed by atoms with van der Waals surface area (Å²) in [7, 11) is 0. The van der Waals surface area contributed by atoms with Gasteiger partial charge in [-0.1, -0.05) is 64.7 Å². The molecule has 0 fully saturated rings. The Labute approximate surface area is 107 Å². The molecule has 2 unspecified atom stereocenters. The lowest BCUT2D eigenvalue weighted by molar-refractivity contribution is -0.113. The van der Waals surface area contributed by atoms with E-state index in [0.29, 0.717) is 0 Å². The lowest BCUT2D eigenvalue weighted by Crippen LogP contribution is -2.18. The number of unbranched alkanes of at least 4 members (excludes halogenated alkanes) is 8. The molecule has 0 aromatic heterocycles. The van der Waals surface area contributed by atoms with Crippen LogP contribution in [0.4, 0.5) is 0 Å². The Morgan fingerprint density at radius 1 is 1.00 bits per heavy atom. The van der Waals surface area contributed by atoms with Crippen LogP contribution in [-0.4, -0.2) is 17.5 Å². The van der Waals surface area contributed by atoms with Gasteiger partial charge in [-0.05, 0) is 13.3 Å². The van der Waals surface area contributed by atoms with Crippen molar-refractivity contribution in [2.45, 2.75) is 77.2 Å². The molecule has 2 heteroatoms. The molecule has 0 saturated carbocycles. The Morgan fingerprint density at radius 2 is 1.47 bits per heavy atom. The summed E-state index contributed by atoms with van der Waals surface area (Å²) >= 11 is 0. The van der Waals surface area contributed by atoms with E-state index < -0.39 is 6.10 Å². The predicted molar refractivity (Wildman–Crippen MR) is 72.8 cm³/mol. The minimum absolute atomic E-state index is 0.264. The molecule has 0 bridgehead atoms. The van der Waals surface area contributed by atoms with Gasteiger partial charge in [0.15, 0.2) is 0 Å². The molecule has 0 aromatic carbocycles. The van der Waals surface area contributed by atoms with Crippen molar-refractivity contribution >= 4 is 6.29 Å². The fourth-order valence-corrected chi connectivity index (χ4v) is 2.04. The van der Waals surface area contributed by atoms with Crippen LogP contribution in [0, 0.1) is 12.8 Å². The number of carbonyl (C=O) groups is 1.